The number of thiocarbonyl (C=S) groups is 1. The smallest absolute Gasteiger partial charge is 0.235 e. The van der Waals surface area contributed by atoms with Gasteiger partial charge >= 0.3 is 0 Å². The normalized spacial score (nSPS) is 18.6. The highest BCUT2D eigenvalue weighted by Crippen LogP contribution is 2.37. The number of hydrogen-bond acceptors (Lipinski definition) is 2. The molecule has 0 aromatic carbocycles. The average Bonchev–Trinajstić information content (AvgIpc) is 2.64. The minimum absolute atomic E-state index is 0.186. The van der Waals surface area contributed by atoms with Crippen molar-refractivity contribution in [1.29, 1.82) is 0 Å². The number of nitrogens with zero attached hydrogens (tertiary/aromatic N) is 1. The van der Waals surface area contributed by atoms with Gasteiger partial charge in [0, 0.05) is 13.1 Å². The summed E-state index contributed by atoms with van der Waals surface area (Å²) in [6, 6.07) is 0. The van der Waals surface area contributed by atoms with Gasteiger partial charge in [0.1, 0.15) is 0 Å². The number of rotatable bonds is 6. The third-order valence-electron chi connectivity index (χ3n) is 4.11. The van der Waals surface area contributed by atoms with E-state index in [9.17, 15) is 4.79 Å². The summed E-state index contributed by atoms with van der Waals surface area (Å²) in [4.78, 5) is 15.3. The van der Waals surface area contributed by atoms with E-state index >= 15 is 0 Å². The van der Waals surface area contributed by atoms with Crippen molar-refractivity contribution in [2.75, 3.05) is 13.1 Å². The third kappa shape index (κ3) is 3.91. The summed E-state index contributed by atoms with van der Waals surface area (Å²) in [7, 11) is 0. The number of amides is 1. The molecule has 0 aliphatic heterocycles. The Hall–Kier alpha value is -0.640. The molecule has 0 aromatic rings. The highest BCUT2D eigenvalue weighted by atomic mass is 32.1. The van der Waals surface area contributed by atoms with Crippen LogP contribution in [0.2, 0.25) is 0 Å². The molecule has 0 spiro atoms. The van der Waals surface area contributed by atoms with Crippen molar-refractivity contribution in [1.82, 2.24) is 4.90 Å². The van der Waals surface area contributed by atoms with E-state index in [0.29, 0.717) is 4.99 Å². The Morgan fingerprint density at radius 3 is 1.95 bits per heavy atom. The van der Waals surface area contributed by atoms with Crippen LogP contribution in [0.5, 0.6) is 0 Å². The summed E-state index contributed by atoms with van der Waals surface area (Å²) in [6.07, 6.45) is 8.16. The molecule has 4 heteroatoms. The van der Waals surface area contributed by atoms with E-state index in [1.807, 2.05) is 4.90 Å². The first-order valence-electron chi connectivity index (χ1n) is 7.67. The molecule has 19 heavy (non-hydrogen) atoms. The lowest BCUT2D eigenvalue weighted by molar-refractivity contribution is -0.139. The lowest BCUT2D eigenvalue weighted by Gasteiger charge is -2.36. The fraction of sp³-hybridized carbons (Fsp3) is 0.867. The maximum absolute atomic E-state index is 13.0. The lowest BCUT2D eigenvalue weighted by Crippen LogP contribution is -2.51. The molecular weight excluding hydrogens is 256 g/mol. The summed E-state index contributed by atoms with van der Waals surface area (Å²) in [5.41, 5.74) is 5.43. The van der Waals surface area contributed by atoms with Gasteiger partial charge in [0.25, 0.3) is 0 Å². The molecule has 0 bridgehead atoms. The van der Waals surface area contributed by atoms with Crippen LogP contribution in [0.15, 0.2) is 0 Å². The monoisotopic (exact) mass is 284 g/mol. The molecule has 1 saturated carbocycles. The number of carbonyl (C=O) groups excluding carboxylic acids is 1. The Balaban J connectivity index is 2.95. The van der Waals surface area contributed by atoms with Crippen molar-refractivity contribution in [3.05, 3.63) is 0 Å². The Morgan fingerprint density at radius 2 is 1.58 bits per heavy atom. The van der Waals surface area contributed by atoms with E-state index in [0.717, 1.165) is 51.6 Å². The van der Waals surface area contributed by atoms with Gasteiger partial charge in [-0.15, -0.1) is 0 Å². The first kappa shape index (κ1) is 16.4. The van der Waals surface area contributed by atoms with Gasteiger partial charge in [-0.2, -0.15) is 0 Å². The first-order chi connectivity index (χ1) is 9.08. The van der Waals surface area contributed by atoms with E-state index in [1.54, 1.807) is 0 Å². The summed E-state index contributed by atoms with van der Waals surface area (Å²) in [6.45, 7) is 5.85. The molecule has 0 saturated heterocycles. The molecule has 1 aliphatic carbocycles. The molecule has 0 aromatic heterocycles. The van der Waals surface area contributed by atoms with E-state index in [4.69, 9.17) is 18.0 Å². The van der Waals surface area contributed by atoms with Crippen LogP contribution in [0.1, 0.15) is 65.2 Å². The highest BCUT2D eigenvalue weighted by Gasteiger charge is 2.43. The lowest BCUT2D eigenvalue weighted by atomic mass is 9.78. The van der Waals surface area contributed by atoms with Gasteiger partial charge in [-0.1, -0.05) is 51.7 Å². The van der Waals surface area contributed by atoms with E-state index in [1.165, 1.54) is 12.8 Å². The molecular formula is C15H28N2OS. The standard InChI is InChI=1S/C15H28N2OS/c1-3-11-17(12-4-2)14(18)15(13(16)19)9-7-5-6-8-10-15/h3-12H2,1-2H3,(H2,16,19). The molecule has 0 heterocycles. The van der Waals surface area contributed by atoms with Crippen LogP contribution < -0.4 is 5.73 Å². The molecule has 3 nitrogen and oxygen atoms in total. The molecule has 1 rings (SSSR count). The van der Waals surface area contributed by atoms with Gasteiger partial charge in [0.15, 0.2) is 0 Å². The second-order valence-electron chi connectivity index (χ2n) is 5.65. The predicted octanol–water partition coefficient (Wildman–Crippen LogP) is 3.26. The Kier molecular flexibility index (Phi) is 6.76. The molecule has 0 radical (unpaired) electrons. The minimum Gasteiger partial charge on any atom is -0.392 e. The van der Waals surface area contributed by atoms with E-state index < -0.39 is 5.41 Å². The fourth-order valence-electron chi connectivity index (χ4n) is 3.06. The third-order valence-corrected chi connectivity index (χ3v) is 4.50. The molecule has 1 amide bonds. The zero-order valence-electron chi connectivity index (χ0n) is 12.4. The zero-order chi connectivity index (χ0) is 14.3. The van der Waals surface area contributed by atoms with Crippen LogP contribution in [0.3, 0.4) is 0 Å². The van der Waals surface area contributed by atoms with Crippen LogP contribution in [0.25, 0.3) is 0 Å². The first-order valence-corrected chi connectivity index (χ1v) is 8.08. The average molecular weight is 284 g/mol. The Bertz CT molecular complexity index is 303. The van der Waals surface area contributed by atoms with E-state index in [2.05, 4.69) is 13.8 Å². The van der Waals surface area contributed by atoms with Gasteiger partial charge in [-0.25, -0.2) is 0 Å². The summed E-state index contributed by atoms with van der Waals surface area (Å²) in [5.74, 6) is 0.186. The molecule has 0 unspecified atom stereocenters. The van der Waals surface area contributed by atoms with Crippen LogP contribution in [0, 0.1) is 5.41 Å². The van der Waals surface area contributed by atoms with Crippen molar-refractivity contribution in [3.63, 3.8) is 0 Å². The molecule has 0 atom stereocenters. The maximum Gasteiger partial charge on any atom is 0.235 e. The highest BCUT2D eigenvalue weighted by molar-refractivity contribution is 7.80. The molecule has 1 aliphatic rings. The quantitative estimate of drug-likeness (QED) is 0.601. The van der Waals surface area contributed by atoms with Gasteiger partial charge in [-0.3, -0.25) is 4.79 Å². The van der Waals surface area contributed by atoms with E-state index in [-0.39, 0.29) is 5.91 Å². The SMILES string of the molecule is CCCN(CCC)C(=O)C1(C(N)=S)CCCCCC1. The molecule has 2 N–H and O–H groups in total. The minimum atomic E-state index is -0.559. The second kappa shape index (κ2) is 7.83. The number of nitrogens with two attached hydrogens (primary N) is 1. The van der Waals surface area contributed by atoms with Crippen molar-refractivity contribution in [2.45, 2.75) is 65.2 Å². The van der Waals surface area contributed by atoms with Gasteiger partial charge in [0.05, 0.1) is 10.4 Å². The van der Waals surface area contributed by atoms with Gasteiger partial charge in [0.2, 0.25) is 5.91 Å². The second-order valence-corrected chi connectivity index (χ2v) is 6.09. The molecule has 1 fully saturated rings. The van der Waals surface area contributed by atoms with Crippen LogP contribution in [-0.2, 0) is 4.79 Å². The zero-order valence-corrected chi connectivity index (χ0v) is 13.2. The Labute approximate surface area is 122 Å². The maximum atomic E-state index is 13.0. The van der Waals surface area contributed by atoms with Crippen LogP contribution in [0.4, 0.5) is 0 Å². The number of carbonyl (C=O) groups is 1. The largest absolute Gasteiger partial charge is 0.392 e. The topological polar surface area (TPSA) is 46.3 Å². The van der Waals surface area contributed by atoms with Crippen LogP contribution >= 0.6 is 12.2 Å². The van der Waals surface area contributed by atoms with Crippen molar-refractivity contribution >= 4 is 23.1 Å². The van der Waals surface area contributed by atoms with Crippen molar-refractivity contribution < 1.29 is 4.79 Å². The summed E-state index contributed by atoms with van der Waals surface area (Å²) >= 11 is 5.28. The van der Waals surface area contributed by atoms with Gasteiger partial charge < -0.3 is 10.6 Å². The Morgan fingerprint density at radius 1 is 1.11 bits per heavy atom. The van der Waals surface area contributed by atoms with Crippen molar-refractivity contribution in [2.24, 2.45) is 11.1 Å². The van der Waals surface area contributed by atoms with Gasteiger partial charge in [-0.05, 0) is 25.7 Å². The fourth-order valence-corrected chi connectivity index (χ4v) is 3.35. The predicted molar refractivity (Wildman–Crippen MR) is 84.1 cm³/mol. The van der Waals surface area contributed by atoms with Crippen molar-refractivity contribution in [3.8, 4) is 0 Å². The van der Waals surface area contributed by atoms with Crippen LogP contribution in [-0.4, -0.2) is 28.9 Å². The number of hydrogen-bond donors (Lipinski definition) is 1. The summed E-state index contributed by atoms with van der Waals surface area (Å²) < 4.78 is 0. The summed E-state index contributed by atoms with van der Waals surface area (Å²) in [5, 5.41) is 0. The molecule has 110 valence electrons.